The molecule has 0 fully saturated rings. The maximum absolute atomic E-state index is 12.8. The summed E-state index contributed by atoms with van der Waals surface area (Å²) in [6.07, 6.45) is 6.33. The van der Waals surface area contributed by atoms with Gasteiger partial charge in [-0.25, -0.2) is 4.98 Å². The number of aliphatic hydroxyl groups is 2. The van der Waals surface area contributed by atoms with Crippen molar-refractivity contribution in [1.29, 1.82) is 0 Å². The van der Waals surface area contributed by atoms with Gasteiger partial charge in [-0.15, -0.1) is 11.3 Å². The third-order valence-corrected chi connectivity index (χ3v) is 7.10. The van der Waals surface area contributed by atoms with Gasteiger partial charge in [0.15, 0.2) is 0 Å². The monoisotopic (exact) mass is 463 g/mol. The van der Waals surface area contributed by atoms with Gasteiger partial charge < -0.3 is 14.9 Å². The molecule has 4 atom stereocenters. The molecule has 2 rings (SSSR count). The lowest BCUT2D eigenvalue weighted by Gasteiger charge is -2.31. The van der Waals surface area contributed by atoms with Gasteiger partial charge in [0.2, 0.25) is 0 Å². The van der Waals surface area contributed by atoms with Gasteiger partial charge in [0.25, 0.3) is 0 Å². The number of hydrogen-bond donors (Lipinski definition) is 2. The molecule has 1 aromatic heterocycles. The Morgan fingerprint density at radius 2 is 1.97 bits per heavy atom. The molecule has 7 heteroatoms. The molecule has 0 saturated carbocycles. The number of aromatic nitrogens is 1. The van der Waals surface area contributed by atoms with E-state index in [0.717, 1.165) is 35.5 Å². The Morgan fingerprint density at radius 1 is 1.25 bits per heavy atom. The molecule has 1 aliphatic rings. The van der Waals surface area contributed by atoms with Crippen molar-refractivity contribution in [3.63, 3.8) is 0 Å². The van der Waals surface area contributed by atoms with Crippen LogP contribution in [0.15, 0.2) is 23.1 Å². The van der Waals surface area contributed by atoms with Crippen LogP contribution in [0.2, 0.25) is 0 Å². The van der Waals surface area contributed by atoms with Gasteiger partial charge in [-0.3, -0.25) is 9.59 Å². The number of esters is 1. The number of rotatable bonds is 2. The molecule has 0 bridgehead atoms. The zero-order valence-corrected chi connectivity index (χ0v) is 20.7. The summed E-state index contributed by atoms with van der Waals surface area (Å²) in [7, 11) is 0. The van der Waals surface area contributed by atoms with Crippen LogP contribution in [0.5, 0.6) is 0 Å². The summed E-state index contributed by atoms with van der Waals surface area (Å²) in [5, 5.41) is 24.0. The zero-order chi connectivity index (χ0) is 23.9. The largest absolute Gasteiger partial charge is 0.457 e. The molecule has 0 aliphatic carbocycles. The SMILES string of the molecule is CC(=Cc1csc(C)n1)[C@@H]1CC=CCCC[C@H](C)[C@H](O)CC(=O)C(C)(C)[C@@H](O)CC(=O)O1. The van der Waals surface area contributed by atoms with Crippen molar-refractivity contribution in [3.8, 4) is 0 Å². The highest BCUT2D eigenvalue weighted by molar-refractivity contribution is 7.09. The summed E-state index contributed by atoms with van der Waals surface area (Å²) in [4.78, 5) is 29.9. The Morgan fingerprint density at radius 3 is 2.62 bits per heavy atom. The van der Waals surface area contributed by atoms with E-state index in [1.54, 1.807) is 25.2 Å². The van der Waals surface area contributed by atoms with Crippen LogP contribution >= 0.6 is 11.3 Å². The van der Waals surface area contributed by atoms with Crippen molar-refractivity contribution in [2.45, 2.75) is 91.5 Å². The van der Waals surface area contributed by atoms with Crippen LogP contribution < -0.4 is 0 Å². The van der Waals surface area contributed by atoms with Crippen molar-refractivity contribution < 1.29 is 24.5 Å². The summed E-state index contributed by atoms with van der Waals surface area (Å²) in [6.45, 7) is 9.02. The minimum absolute atomic E-state index is 0.0161. The topological polar surface area (TPSA) is 96.7 Å². The minimum atomic E-state index is -1.19. The van der Waals surface area contributed by atoms with Crippen LogP contribution in [0.1, 0.15) is 76.9 Å². The van der Waals surface area contributed by atoms with Gasteiger partial charge in [-0.1, -0.05) is 32.9 Å². The summed E-state index contributed by atoms with van der Waals surface area (Å²) in [5.41, 5.74) is 0.544. The van der Waals surface area contributed by atoms with Crippen LogP contribution in [0.3, 0.4) is 0 Å². The summed E-state index contributed by atoms with van der Waals surface area (Å²) >= 11 is 1.56. The first-order valence-electron chi connectivity index (χ1n) is 11.3. The second kappa shape index (κ2) is 11.9. The molecule has 178 valence electrons. The molecule has 32 heavy (non-hydrogen) atoms. The Labute approximate surface area is 195 Å². The van der Waals surface area contributed by atoms with Crippen LogP contribution in [0.25, 0.3) is 6.08 Å². The fourth-order valence-corrected chi connectivity index (χ4v) is 4.22. The molecule has 0 saturated heterocycles. The molecule has 1 aliphatic heterocycles. The number of ketones is 1. The van der Waals surface area contributed by atoms with Crippen LogP contribution in [-0.2, 0) is 14.3 Å². The summed E-state index contributed by atoms with van der Waals surface area (Å²) in [6, 6.07) is 0. The van der Waals surface area contributed by atoms with E-state index < -0.39 is 29.7 Å². The standard InChI is InChI=1S/C25H37NO5S/c1-16-10-8-6-7-9-11-21(17(2)12-19-15-32-18(3)26-19)31-24(30)14-23(29)25(4,5)22(28)13-20(16)27/h7,9,12,15-16,20-21,23,27,29H,6,8,10-11,13-14H2,1-5H3/t16-,20+,21-,23-/m0/s1. The maximum atomic E-state index is 12.8. The summed E-state index contributed by atoms with van der Waals surface area (Å²) < 4.78 is 5.73. The summed E-state index contributed by atoms with van der Waals surface area (Å²) in [5.74, 6) is -0.826. The lowest BCUT2D eigenvalue weighted by atomic mass is 9.77. The molecule has 0 radical (unpaired) electrons. The number of hydrogen-bond acceptors (Lipinski definition) is 7. The first kappa shape index (κ1) is 26.4. The number of nitrogens with zero attached hydrogens (tertiary/aromatic N) is 1. The van der Waals surface area contributed by atoms with Crippen LogP contribution in [0, 0.1) is 18.3 Å². The number of allylic oxidation sites excluding steroid dienone is 1. The third-order valence-electron chi connectivity index (χ3n) is 6.30. The fraction of sp³-hybridized carbons (Fsp3) is 0.640. The van der Waals surface area contributed by atoms with E-state index in [9.17, 15) is 19.8 Å². The normalized spacial score (nSPS) is 29.0. The number of cyclic esters (lactones) is 1. The number of aryl methyl sites for hydroxylation is 1. The quantitative estimate of drug-likeness (QED) is 0.490. The zero-order valence-electron chi connectivity index (χ0n) is 19.8. The van der Waals surface area contributed by atoms with Gasteiger partial charge in [0.1, 0.15) is 11.9 Å². The molecule has 2 heterocycles. The molecule has 6 nitrogen and oxygen atoms in total. The Hall–Kier alpha value is -1.83. The van der Waals surface area contributed by atoms with Crippen molar-refractivity contribution >= 4 is 29.2 Å². The van der Waals surface area contributed by atoms with Crippen molar-refractivity contribution in [1.82, 2.24) is 4.98 Å². The van der Waals surface area contributed by atoms with Crippen LogP contribution in [0.4, 0.5) is 0 Å². The second-order valence-corrected chi connectivity index (χ2v) is 10.5. The molecule has 0 aromatic carbocycles. The maximum Gasteiger partial charge on any atom is 0.309 e. The smallest absolute Gasteiger partial charge is 0.309 e. The molecule has 2 N–H and O–H groups in total. The molecule has 0 spiro atoms. The third kappa shape index (κ3) is 7.64. The van der Waals surface area contributed by atoms with Gasteiger partial charge >= 0.3 is 5.97 Å². The van der Waals surface area contributed by atoms with E-state index >= 15 is 0 Å². The van der Waals surface area contributed by atoms with Gasteiger partial charge in [0.05, 0.1) is 29.3 Å². The minimum Gasteiger partial charge on any atom is -0.457 e. The van der Waals surface area contributed by atoms with Gasteiger partial charge in [0, 0.05) is 23.6 Å². The lowest BCUT2D eigenvalue weighted by Crippen LogP contribution is -2.41. The average Bonchev–Trinajstić information content (AvgIpc) is 3.12. The molecule has 0 unspecified atom stereocenters. The van der Waals surface area contributed by atoms with E-state index in [4.69, 9.17) is 4.74 Å². The highest BCUT2D eigenvalue weighted by atomic mass is 32.1. The van der Waals surface area contributed by atoms with E-state index in [2.05, 4.69) is 11.1 Å². The van der Waals surface area contributed by atoms with Crippen molar-refractivity contribution in [2.75, 3.05) is 0 Å². The molecular weight excluding hydrogens is 426 g/mol. The van der Waals surface area contributed by atoms with Gasteiger partial charge in [-0.05, 0) is 50.7 Å². The Kier molecular flexibility index (Phi) is 9.80. The van der Waals surface area contributed by atoms with E-state index in [1.165, 1.54) is 0 Å². The number of carbonyl (C=O) groups is 2. The second-order valence-electron chi connectivity index (χ2n) is 9.41. The first-order valence-corrected chi connectivity index (χ1v) is 12.2. The van der Waals surface area contributed by atoms with Crippen LogP contribution in [-0.4, -0.2) is 45.3 Å². The molecule has 1 aromatic rings. The Bertz CT molecular complexity index is 841. The van der Waals surface area contributed by atoms with E-state index in [0.29, 0.717) is 6.42 Å². The fourth-order valence-electron chi connectivity index (χ4n) is 3.65. The first-order chi connectivity index (χ1) is 15.0. The van der Waals surface area contributed by atoms with Crippen molar-refractivity contribution in [2.24, 2.45) is 11.3 Å². The van der Waals surface area contributed by atoms with Crippen molar-refractivity contribution in [3.05, 3.63) is 33.8 Å². The van der Waals surface area contributed by atoms with E-state index in [1.807, 2.05) is 38.3 Å². The lowest BCUT2D eigenvalue weighted by molar-refractivity contribution is -0.153. The number of aliphatic hydroxyl groups excluding tert-OH is 2. The number of ether oxygens (including phenoxy) is 1. The number of thiazole rings is 1. The predicted molar refractivity (Wildman–Crippen MR) is 127 cm³/mol. The molecular formula is C25H37NO5S. The predicted octanol–water partition coefficient (Wildman–Crippen LogP) is 4.63. The highest BCUT2D eigenvalue weighted by Crippen LogP contribution is 2.29. The van der Waals surface area contributed by atoms with Gasteiger partial charge in [-0.2, -0.15) is 0 Å². The Balaban J connectivity index is 2.23. The molecule has 0 amide bonds. The average molecular weight is 464 g/mol. The number of Topliss-reactive ketones (excluding diaryl/α,β-unsaturated/α-hetero) is 1. The number of carbonyl (C=O) groups excluding carboxylic acids is 2. The highest BCUT2D eigenvalue weighted by Gasteiger charge is 2.38. The van der Waals surface area contributed by atoms with E-state index in [-0.39, 0.29) is 24.5 Å².